The number of hydrogen-bond donors (Lipinski definition) is 4. The zero-order valence-corrected chi connectivity index (χ0v) is 19.6. The van der Waals surface area contributed by atoms with Crippen LogP contribution in [0.25, 0.3) is 0 Å². The zero-order chi connectivity index (χ0) is 25.1. The van der Waals surface area contributed by atoms with Gasteiger partial charge in [-0.25, -0.2) is 8.42 Å². The number of ether oxygens (including phenoxy) is 3. The molecule has 12 nitrogen and oxygen atoms in total. The number of nitrogens with two attached hydrogens (primary N) is 2. The van der Waals surface area contributed by atoms with E-state index < -0.39 is 22.0 Å². The van der Waals surface area contributed by atoms with E-state index in [9.17, 15) is 18.3 Å². The van der Waals surface area contributed by atoms with Gasteiger partial charge in [0.25, 0.3) is 0 Å². The smallest absolute Gasteiger partial charge is 0.322 e. The summed E-state index contributed by atoms with van der Waals surface area (Å²) >= 11 is 0. The summed E-state index contributed by atoms with van der Waals surface area (Å²) in [6.07, 6.45) is 0.464. The molecule has 0 bridgehead atoms. The van der Waals surface area contributed by atoms with Crippen molar-refractivity contribution in [3.05, 3.63) is 48.0 Å². The molecule has 0 aliphatic carbocycles. The summed E-state index contributed by atoms with van der Waals surface area (Å²) in [5, 5.41) is 13.0. The molecule has 0 radical (unpaired) electrons. The SMILES string of the molecule is COc1ccc(S(=O)(=O)NC(Cc2ccc(OCCCON=C(N)N)cc2)C(=O)O)cc1OC. The summed E-state index contributed by atoms with van der Waals surface area (Å²) in [5.41, 5.74) is 10.9. The number of benzene rings is 2. The van der Waals surface area contributed by atoms with Crippen LogP contribution in [0.15, 0.2) is 52.5 Å². The number of rotatable bonds is 14. The lowest BCUT2D eigenvalue weighted by molar-refractivity contribution is -0.138. The van der Waals surface area contributed by atoms with E-state index in [2.05, 4.69) is 9.88 Å². The molecule has 2 rings (SSSR count). The van der Waals surface area contributed by atoms with Crippen molar-refractivity contribution in [3.8, 4) is 17.2 Å². The molecule has 0 aliphatic heterocycles. The van der Waals surface area contributed by atoms with Crippen LogP contribution in [0.2, 0.25) is 0 Å². The number of guanidine groups is 1. The van der Waals surface area contributed by atoms with Crippen molar-refractivity contribution in [2.24, 2.45) is 16.6 Å². The minimum Gasteiger partial charge on any atom is -0.493 e. The molecule has 13 heteroatoms. The molecule has 34 heavy (non-hydrogen) atoms. The van der Waals surface area contributed by atoms with Gasteiger partial charge in [0.1, 0.15) is 18.4 Å². The first-order valence-electron chi connectivity index (χ1n) is 10.1. The number of oxime groups is 1. The van der Waals surface area contributed by atoms with Gasteiger partial charge in [-0.05, 0) is 41.4 Å². The standard InChI is InChI=1S/C21H28N4O8S/c1-30-18-9-8-16(13-19(18)31-2)34(28,29)25-17(20(26)27)12-14-4-6-15(7-5-14)32-10-3-11-33-24-21(22)23/h4-9,13,17,25H,3,10-12H2,1-2H3,(H,26,27)(H4,22,23,24). The summed E-state index contributed by atoms with van der Waals surface area (Å²) in [4.78, 5) is 16.4. The van der Waals surface area contributed by atoms with Crippen LogP contribution in [0.4, 0.5) is 0 Å². The van der Waals surface area contributed by atoms with Crippen molar-refractivity contribution in [3.63, 3.8) is 0 Å². The third-order valence-corrected chi connectivity index (χ3v) is 5.91. The summed E-state index contributed by atoms with van der Waals surface area (Å²) < 4.78 is 43.5. The molecule has 0 amide bonds. The molecule has 2 aromatic carbocycles. The van der Waals surface area contributed by atoms with Crippen molar-refractivity contribution in [1.29, 1.82) is 0 Å². The lowest BCUT2D eigenvalue weighted by atomic mass is 10.1. The summed E-state index contributed by atoms with van der Waals surface area (Å²) in [6.45, 7) is 0.624. The highest BCUT2D eigenvalue weighted by Gasteiger charge is 2.26. The fourth-order valence-corrected chi connectivity index (χ4v) is 4.01. The van der Waals surface area contributed by atoms with Gasteiger partial charge in [-0.1, -0.05) is 12.1 Å². The van der Waals surface area contributed by atoms with Crippen LogP contribution in [0, 0.1) is 0 Å². The number of sulfonamides is 1. The molecule has 1 atom stereocenters. The predicted molar refractivity (Wildman–Crippen MR) is 123 cm³/mol. The van der Waals surface area contributed by atoms with Gasteiger partial charge in [0.2, 0.25) is 16.0 Å². The fourth-order valence-electron chi connectivity index (χ4n) is 2.81. The zero-order valence-electron chi connectivity index (χ0n) is 18.8. The number of carboxylic acid groups (broad SMARTS) is 1. The number of nitrogens with zero attached hydrogens (tertiary/aromatic N) is 1. The van der Waals surface area contributed by atoms with Crippen LogP contribution in [0.3, 0.4) is 0 Å². The van der Waals surface area contributed by atoms with Crippen LogP contribution in [-0.4, -0.2) is 58.9 Å². The lowest BCUT2D eigenvalue weighted by Gasteiger charge is -2.16. The van der Waals surface area contributed by atoms with Gasteiger partial charge in [0.15, 0.2) is 11.5 Å². The Morgan fingerprint density at radius 3 is 2.32 bits per heavy atom. The van der Waals surface area contributed by atoms with E-state index in [0.717, 1.165) is 0 Å². The normalized spacial score (nSPS) is 11.8. The molecular weight excluding hydrogens is 468 g/mol. The molecular formula is C21H28N4O8S. The average Bonchev–Trinajstić information content (AvgIpc) is 2.81. The predicted octanol–water partition coefficient (Wildman–Crippen LogP) is 0.652. The van der Waals surface area contributed by atoms with Crippen molar-refractivity contribution in [2.75, 3.05) is 27.4 Å². The summed E-state index contributed by atoms with van der Waals surface area (Å²) in [5.74, 6) is -0.369. The Morgan fingerprint density at radius 2 is 1.74 bits per heavy atom. The second kappa shape index (κ2) is 12.5. The van der Waals surface area contributed by atoms with Gasteiger partial charge in [-0.15, -0.1) is 0 Å². The van der Waals surface area contributed by atoms with E-state index in [0.29, 0.717) is 30.1 Å². The molecule has 0 aliphatic rings. The van der Waals surface area contributed by atoms with E-state index in [-0.39, 0.29) is 29.6 Å². The molecule has 0 aromatic heterocycles. The maximum Gasteiger partial charge on any atom is 0.322 e. The van der Waals surface area contributed by atoms with Gasteiger partial charge >= 0.3 is 5.97 Å². The van der Waals surface area contributed by atoms with Gasteiger partial charge in [-0.3, -0.25) is 4.79 Å². The third kappa shape index (κ3) is 8.01. The molecule has 1 unspecified atom stereocenters. The summed E-state index contributed by atoms with van der Waals surface area (Å²) in [7, 11) is -1.35. The van der Waals surface area contributed by atoms with Crippen LogP contribution >= 0.6 is 0 Å². The average molecular weight is 497 g/mol. The largest absolute Gasteiger partial charge is 0.493 e. The number of hydrogen-bond acceptors (Lipinski definition) is 8. The molecule has 0 saturated heterocycles. The molecule has 2 aromatic rings. The van der Waals surface area contributed by atoms with Crippen LogP contribution in [0.5, 0.6) is 17.2 Å². The van der Waals surface area contributed by atoms with E-state index >= 15 is 0 Å². The van der Waals surface area contributed by atoms with Crippen molar-refractivity contribution >= 4 is 22.0 Å². The first-order chi connectivity index (χ1) is 16.2. The number of aliphatic carboxylic acids is 1. The quantitative estimate of drug-likeness (QED) is 0.125. The number of nitrogens with one attached hydrogen (secondary N) is 1. The second-order valence-corrected chi connectivity index (χ2v) is 8.64. The summed E-state index contributed by atoms with van der Waals surface area (Å²) in [6, 6.07) is 9.23. The van der Waals surface area contributed by atoms with Gasteiger partial charge in [0.05, 0.1) is 25.7 Å². The van der Waals surface area contributed by atoms with Gasteiger partial charge in [0, 0.05) is 12.5 Å². The monoisotopic (exact) mass is 496 g/mol. The Balaban J connectivity index is 1.99. The third-order valence-electron chi connectivity index (χ3n) is 4.44. The van der Waals surface area contributed by atoms with Gasteiger partial charge < -0.3 is 35.6 Å². The minimum atomic E-state index is -4.14. The Kier molecular flexibility index (Phi) is 9.76. The second-order valence-electron chi connectivity index (χ2n) is 6.93. The highest BCUT2D eigenvalue weighted by atomic mass is 32.2. The van der Waals surface area contributed by atoms with E-state index in [1.54, 1.807) is 24.3 Å². The van der Waals surface area contributed by atoms with Crippen LogP contribution < -0.4 is 30.4 Å². The van der Waals surface area contributed by atoms with Gasteiger partial charge in [-0.2, -0.15) is 4.72 Å². The highest BCUT2D eigenvalue weighted by Crippen LogP contribution is 2.29. The van der Waals surface area contributed by atoms with Crippen molar-refractivity contribution in [2.45, 2.75) is 23.8 Å². The molecule has 0 spiro atoms. The topological polar surface area (TPSA) is 185 Å². The first-order valence-corrected chi connectivity index (χ1v) is 11.5. The van der Waals surface area contributed by atoms with Crippen LogP contribution in [-0.2, 0) is 26.1 Å². The Hall–Kier alpha value is -3.71. The molecule has 186 valence electrons. The molecule has 0 fully saturated rings. The number of carboxylic acids is 1. The Labute approximate surface area is 197 Å². The van der Waals surface area contributed by atoms with E-state index in [1.165, 1.54) is 32.4 Å². The Bertz CT molecular complexity index is 1090. The fraction of sp³-hybridized carbons (Fsp3) is 0.333. The number of methoxy groups -OCH3 is 2. The van der Waals surface area contributed by atoms with E-state index in [1.807, 2.05) is 0 Å². The maximum absolute atomic E-state index is 12.8. The van der Waals surface area contributed by atoms with Crippen molar-refractivity contribution in [1.82, 2.24) is 4.72 Å². The molecule has 0 saturated carbocycles. The van der Waals surface area contributed by atoms with Crippen LogP contribution in [0.1, 0.15) is 12.0 Å². The van der Waals surface area contributed by atoms with E-state index in [4.69, 9.17) is 30.5 Å². The maximum atomic E-state index is 12.8. The first kappa shape index (κ1) is 26.5. The molecule has 6 N–H and O–H groups in total. The van der Waals surface area contributed by atoms with Crippen molar-refractivity contribution < 1.29 is 37.4 Å². The highest BCUT2D eigenvalue weighted by molar-refractivity contribution is 7.89. The molecule has 0 heterocycles. The number of carbonyl (C=O) groups is 1. The lowest BCUT2D eigenvalue weighted by Crippen LogP contribution is -2.42. The Morgan fingerprint density at radius 1 is 1.06 bits per heavy atom. The minimum absolute atomic E-state index is 0.0749.